The maximum Gasteiger partial charge on any atom is 0.192 e. The summed E-state index contributed by atoms with van der Waals surface area (Å²) in [5.74, 6) is 2.12. The molecule has 0 saturated carbocycles. The molecule has 0 saturated heterocycles. The van der Waals surface area contributed by atoms with Gasteiger partial charge in [-0.15, -0.1) is 16.8 Å². The molecular formula is C16H16N6OS. The van der Waals surface area contributed by atoms with Crippen LogP contribution in [0.25, 0.3) is 11.5 Å². The maximum atomic E-state index is 5.22. The Morgan fingerprint density at radius 1 is 1.25 bits per heavy atom. The average molecular weight is 340 g/mol. The molecular weight excluding hydrogens is 324 g/mol. The number of methoxy groups -OCH3 is 1. The summed E-state index contributed by atoms with van der Waals surface area (Å²) in [5.41, 5.74) is 1.59. The van der Waals surface area contributed by atoms with Gasteiger partial charge in [-0.25, -0.2) is 4.98 Å². The van der Waals surface area contributed by atoms with Crippen LogP contribution in [0.4, 0.5) is 0 Å². The zero-order valence-electron chi connectivity index (χ0n) is 13.2. The van der Waals surface area contributed by atoms with Crippen LogP contribution in [0.1, 0.15) is 5.69 Å². The third kappa shape index (κ3) is 3.60. The van der Waals surface area contributed by atoms with E-state index in [0.717, 1.165) is 16.6 Å². The summed E-state index contributed by atoms with van der Waals surface area (Å²) in [6.45, 7) is 4.39. The van der Waals surface area contributed by atoms with Gasteiger partial charge in [0.05, 0.1) is 19.0 Å². The highest BCUT2D eigenvalue weighted by Crippen LogP contribution is 2.25. The van der Waals surface area contributed by atoms with Gasteiger partial charge in [0.1, 0.15) is 11.4 Å². The lowest BCUT2D eigenvalue weighted by Gasteiger charge is -2.07. The lowest BCUT2D eigenvalue weighted by Crippen LogP contribution is -2.02. The smallest absolute Gasteiger partial charge is 0.192 e. The Morgan fingerprint density at radius 3 is 2.92 bits per heavy atom. The number of rotatable bonds is 7. The lowest BCUT2D eigenvalue weighted by molar-refractivity contribution is 0.413. The van der Waals surface area contributed by atoms with Crippen LogP contribution in [0, 0.1) is 0 Å². The monoisotopic (exact) mass is 340 g/mol. The highest BCUT2D eigenvalue weighted by molar-refractivity contribution is 7.98. The van der Waals surface area contributed by atoms with E-state index in [9.17, 15) is 0 Å². The van der Waals surface area contributed by atoms with Crippen molar-refractivity contribution in [1.82, 2.24) is 29.7 Å². The zero-order chi connectivity index (χ0) is 16.8. The van der Waals surface area contributed by atoms with Crippen molar-refractivity contribution in [3.8, 4) is 17.3 Å². The first-order chi connectivity index (χ1) is 11.8. The number of hydrogen-bond donors (Lipinski definition) is 0. The molecule has 0 bridgehead atoms. The molecule has 24 heavy (non-hydrogen) atoms. The van der Waals surface area contributed by atoms with E-state index in [1.54, 1.807) is 49.7 Å². The van der Waals surface area contributed by atoms with Crippen molar-refractivity contribution in [3.63, 3.8) is 0 Å². The van der Waals surface area contributed by atoms with Crippen molar-refractivity contribution < 1.29 is 4.74 Å². The maximum absolute atomic E-state index is 5.22. The standard InChI is InChI=1S/C16H16N6OS/c1-3-8-22-15(14-10-17-6-7-19-14)20-21-16(22)24-11-12-9-13(23-2)4-5-18-12/h3-7,9-10H,1,8,11H2,2H3. The molecule has 0 amide bonds. The van der Waals surface area contributed by atoms with Gasteiger partial charge >= 0.3 is 0 Å². The molecule has 0 N–H and O–H groups in total. The second kappa shape index (κ2) is 7.69. The Labute approximate surface area is 143 Å². The van der Waals surface area contributed by atoms with Crippen molar-refractivity contribution in [2.45, 2.75) is 17.5 Å². The van der Waals surface area contributed by atoms with Gasteiger partial charge in [-0.05, 0) is 6.07 Å². The summed E-state index contributed by atoms with van der Waals surface area (Å²) in [7, 11) is 1.64. The minimum atomic E-state index is 0.590. The second-order valence-corrected chi connectivity index (χ2v) is 5.71. The molecule has 122 valence electrons. The van der Waals surface area contributed by atoms with Crippen LogP contribution in [-0.4, -0.2) is 36.8 Å². The van der Waals surface area contributed by atoms with Crippen LogP contribution in [0.3, 0.4) is 0 Å². The van der Waals surface area contributed by atoms with E-state index in [1.807, 2.05) is 16.7 Å². The van der Waals surface area contributed by atoms with Gasteiger partial charge in [0.2, 0.25) is 0 Å². The molecule has 3 aromatic heterocycles. The SMILES string of the molecule is C=CCn1c(SCc2cc(OC)ccn2)nnc1-c1cnccn1. The Bertz CT molecular complexity index is 820. The minimum Gasteiger partial charge on any atom is -0.497 e. The molecule has 3 aromatic rings. The predicted molar refractivity (Wildman–Crippen MR) is 91.6 cm³/mol. The van der Waals surface area contributed by atoms with Gasteiger partial charge in [0.25, 0.3) is 0 Å². The fraction of sp³-hybridized carbons (Fsp3) is 0.188. The summed E-state index contributed by atoms with van der Waals surface area (Å²) >= 11 is 1.55. The Kier molecular flexibility index (Phi) is 5.17. The molecule has 0 aliphatic heterocycles. The first-order valence-corrected chi connectivity index (χ1v) is 8.22. The van der Waals surface area contributed by atoms with E-state index >= 15 is 0 Å². The Hall–Kier alpha value is -2.74. The molecule has 0 aliphatic rings. The third-order valence-corrected chi connectivity index (χ3v) is 4.19. The van der Waals surface area contributed by atoms with Crippen molar-refractivity contribution in [2.24, 2.45) is 0 Å². The van der Waals surface area contributed by atoms with Crippen LogP contribution in [-0.2, 0) is 12.3 Å². The summed E-state index contributed by atoms with van der Waals surface area (Å²) in [5, 5.41) is 9.30. The molecule has 0 atom stereocenters. The van der Waals surface area contributed by atoms with Crippen LogP contribution >= 0.6 is 11.8 Å². The van der Waals surface area contributed by atoms with Crippen molar-refractivity contribution in [2.75, 3.05) is 7.11 Å². The van der Waals surface area contributed by atoms with E-state index < -0.39 is 0 Å². The summed E-state index contributed by atoms with van der Waals surface area (Å²) in [4.78, 5) is 12.7. The topological polar surface area (TPSA) is 78.6 Å². The molecule has 0 spiro atoms. The molecule has 0 aromatic carbocycles. The van der Waals surface area contributed by atoms with Crippen molar-refractivity contribution in [1.29, 1.82) is 0 Å². The number of nitrogens with zero attached hydrogens (tertiary/aromatic N) is 6. The van der Waals surface area contributed by atoms with Gasteiger partial charge in [0.15, 0.2) is 11.0 Å². The molecule has 8 heteroatoms. The minimum absolute atomic E-state index is 0.590. The van der Waals surface area contributed by atoms with Crippen molar-refractivity contribution in [3.05, 3.63) is 55.3 Å². The summed E-state index contributed by atoms with van der Waals surface area (Å²) < 4.78 is 7.18. The largest absolute Gasteiger partial charge is 0.497 e. The van der Waals surface area contributed by atoms with E-state index in [4.69, 9.17) is 4.74 Å². The van der Waals surface area contributed by atoms with Crippen molar-refractivity contribution >= 4 is 11.8 Å². The van der Waals surface area contributed by atoms with Gasteiger partial charge in [-0.3, -0.25) is 14.5 Å². The molecule has 0 aliphatic carbocycles. The summed E-state index contributed by atoms with van der Waals surface area (Å²) in [6.07, 6.45) is 8.46. The van der Waals surface area contributed by atoms with E-state index in [2.05, 4.69) is 31.7 Å². The van der Waals surface area contributed by atoms with Gasteiger partial charge in [-0.1, -0.05) is 17.8 Å². The quantitative estimate of drug-likeness (QED) is 0.483. The molecule has 0 radical (unpaired) electrons. The first kappa shape index (κ1) is 16.1. The second-order valence-electron chi connectivity index (χ2n) is 4.77. The predicted octanol–water partition coefficient (Wildman–Crippen LogP) is 2.62. The summed E-state index contributed by atoms with van der Waals surface area (Å²) in [6, 6.07) is 3.73. The van der Waals surface area contributed by atoms with Gasteiger partial charge in [-0.2, -0.15) is 0 Å². The fourth-order valence-corrected chi connectivity index (χ4v) is 2.94. The van der Waals surface area contributed by atoms with Crippen LogP contribution in [0.2, 0.25) is 0 Å². The highest BCUT2D eigenvalue weighted by atomic mass is 32.2. The fourth-order valence-electron chi connectivity index (χ4n) is 2.09. The number of thioether (sulfide) groups is 1. The van der Waals surface area contributed by atoms with Gasteiger partial charge < -0.3 is 4.74 Å². The first-order valence-electron chi connectivity index (χ1n) is 7.24. The number of hydrogen-bond acceptors (Lipinski definition) is 7. The number of ether oxygens (including phenoxy) is 1. The number of allylic oxidation sites excluding steroid dienone is 1. The molecule has 3 rings (SSSR count). The molecule has 7 nitrogen and oxygen atoms in total. The average Bonchev–Trinajstić information content (AvgIpc) is 3.04. The van der Waals surface area contributed by atoms with Crippen LogP contribution < -0.4 is 4.74 Å². The van der Waals surface area contributed by atoms with Crippen LogP contribution in [0.15, 0.2) is 54.7 Å². The van der Waals surface area contributed by atoms with Crippen LogP contribution in [0.5, 0.6) is 5.75 Å². The van der Waals surface area contributed by atoms with Gasteiger partial charge in [0, 0.05) is 37.0 Å². The normalized spacial score (nSPS) is 10.5. The molecule has 0 fully saturated rings. The Balaban J connectivity index is 1.83. The third-order valence-electron chi connectivity index (χ3n) is 3.19. The number of aromatic nitrogens is 6. The highest BCUT2D eigenvalue weighted by Gasteiger charge is 2.15. The Morgan fingerprint density at radius 2 is 2.17 bits per heavy atom. The zero-order valence-corrected chi connectivity index (χ0v) is 14.0. The van der Waals surface area contributed by atoms with E-state index in [0.29, 0.717) is 23.8 Å². The van der Waals surface area contributed by atoms with E-state index in [1.165, 1.54) is 0 Å². The number of pyridine rings is 1. The molecule has 0 unspecified atom stereocenters. The lowest BCUT2D eigenvalue weighted by atomic mass is 10.3. The molecule has 3 heterocycles. The van der Waals surface area contributed by atoms with E-state index in [-0.39, 0.29) is 0 Å².